The molecule has 1 atom stereocenters. The van der Waals surface area contributed by atoms with Crippen molar-refractivity contribution in [1.29, 1.82) is 0 Å². The second kappa shape index (κ2) is 4.61. The van der Waals surface area contributed by atoms with E-state index in [1.54, 1.807) is 6.07 Å². The highest BCUT2D eigenvalue weighted by atomic mass is 79.9. The monoisotopic (exact) mass is 304 g/mol. The minimum atomic E-state index is 0.259. The lowest BCUT2D eigenvalue weighted by Gasteiger charge is -2.15. The first-order chi connectivity index (χ1) is 8.74. The fourth-order valence-corrected chi connectivity index (χ4v) is 2.68. The summed E-state index contributed by atoms with van der Waals surface area (Å²) in [5.41, 5.74) is 3.26. The molecule has 0 saturated carbocycles. The Morgan fingerprint density at radius 1 is 1.28 bits per heavy atom. The molecule has 1 heterocycles. The van der Waals surface area contributed by atoms with Gasteiger partial charge in [0.2, 0.25) is 0 Å². The molecule has 0 aliphatic heterocycles. The molecule has 0 bridgehead atoms. The van der Waals surface area contributed by atoms with Gasteiger partial charge in [0.15, 0.2) is 0 Å². The molecule has 2 N–H and O–H groups in total. The number of aromatic nitrogens is 1. The number of anilines is 1. The maximum atomic E-state index is 9.81. The van der Waals surface area contributed by atoms with Crippen LogP contribution in [0.25, 0.3) is 0 Å². The molecule has 0 spiro atoms. The Labute approximate surface area is 114 Å². The first-order valence-corrected chi connectivity index (χ1v) is 6.72. The van der Waals surface area contributed by atoms with Gasteiger partial charge in [-0.05, 0) is 58.1 Å². The summed E-state index contributed by atoms with van der Waals surface area (Å²) in [7, 11) is 0. The van der Waals surface area contributed by atoms with Crippen LogP contribution >= 0.6 is 15.9 Å². The molecule has 1 unspecified atom stereocenters. The molecule has 4 heteroatoms. The van der Waals surface area contributed by atoms with E-state index in [4.69, 9.17) is 0 Å². The minimum absolute atomic E-state index is 0.259. The van der Waals surface area contributed by atoms with Crippen molar-refractivity contribution in [2.24, 2.45) is 0 Å². The summed E-state index contributed by atoms with van der Waals surface area (Å²) >= 11 is 3.32. The number of hydrogen-bond donors (Lipinski definition) is 2. The minimum Gasteiger partial charge on any atom is -0.508 e. The zero-order valence-electron chi connectivity index (χ0n) is 9.73. The van der Waals surface area contributed by atoms with E-state index in [0.29, 0.717) is 5.75 Å². The predicted molar refractivity (Wildman–Crippen MR) is 74.7 cm³/mol. The number of aromatic hydroxyl groups is 1. The third-order valence-electron chi connectivity index (χ3n) is 3.31. The largest absolute Gasteiger partial charge is 0.508 e. The van der Waals surface area contributed by atoms with Gasteiger partial charge in [-0.3, -0.25) is 0 Å². The highest BCUT2D eigenvalue weighted by Crippen LogP contribution is 2.38. The van der Waals surface area contributed by atoms with Gasteiger partial charge in [0.05, 0.1) is 17.9 Å². The van der Waals surface area contributed by atoms with Crippen LogP contribution in [0.15, 0.2) is 41.1 Å². The Bertz CT molecular complexity index is 569. The maximum Gasteiger partial charge on any atom is 0.119 e. The number of rotatable bonds is 2. The standard InChI is InChI=1S/C14H13BrN2O/c15-14-7-4-9(8-16-14)17-12-6-5-11-10(12)2-1-3-13(11)18/h1-4,7-8,12,17-18H,5-6H2. The van der Waals surface area contributed by atoms with Gasteiger partial charge < -0.3 is 10.4 Å². The van der Waals surface area contributed by atoms with Crippen LogP contribution in [0.3, 0.4) is 0 Å². The van der Waals surface area contributed by atoms with Crippen molar-refractivity contribution in [3.05, 3.63) is 52.3 Å². The quantitative estimate of drug-likeness (QED) is 0.833. The summed E-state index contributed by atoms with van der Waals surface area (Å²) in [5, 5.41) is 13.3. The van der Waals surface area contributed by atoms with Gasteiger partial charge in [-0.15, -0.1) is 0 Å². The molecule has 2 aromatic rings. The van der Waals surface area contributed by atoms with E-state index >= 15 is 0 Å². The average Bonchev–Trinajstić information content (AvgIpc) is 2.77. The molecule has 0 amide bonds. The number of hydrogen-bond acceptors (Lipinski definition) is 3. The van der Waals surface area contributed by atoms with Crippen molar-refractivity contribution < 1.29 is 5.11 Å². The molecule has 0 saturated heterocycles. The zero-order valence-corrected chi connectivity index (χ0v) is 11.3. The topological polar surface area (TPSA) is 45.1 Å². The van der Waals surface area contributed by atoms with E-state index in [1.165, 1.54) is 5.56 Å². The van der Waals surface area contributed by atoms with Crippen LogP contribution in [0.4, 0.5) is 5.69 Å². The smallest absolute Gasteiger partial charge is 0.119 e. The van der Waals surface area contributed by atoms with Gasteiger partial charge >= 0.3 is 0 Å². The highest BCUT2D eigenvalue weighted by Gasteiger charge is 2.24. The number of halogens is 1. The van der Waals surface area contributed by atoms with Crippen LogP contribution < -0.4 is 5.32 Å². The number of nitrogens with zero attached hydrogens (tertiary/aromatic N) is 1. The van der Waals surface area contributed by atoms with Crippen LogP contribution in [0.5, 0.6) is 5.75 Å². The molecular weight excluding hydrogens is 292 g/mol. The molecule has 92 valence electrons. The van der Waals surface area contributed by atoms with Crippen molar-refractivity contribution in [1.82, 2.24) is 4.98 Å². The van der Waals surface area contributed by atoms with Gasteiger partial charge in [0.25, 0.3) is 0 Å². The van der Waals surface area contributed by atoms with Crippen molar-refractivity contribution >= 4 is 21.6 Å². The van der Waals surface area contributed by atoms with Crippen molar-refractivity contribution in [2.45, 2.75) is 18.9 Å². The Morgan fingerprint density at radius 3 is 2.94 bits per heavy atom. The van der Waals surface area contributed by atoms with E-state index < -0.39 is 0 Å². The fourth-order valence-electron chi connectivity index (χ4n) is 2.45. The Balaban J connectivity index is 1.85. The lowest BCUT2D eigenvalue weighted by Crippen LogP contribution is -2.07. The Morgan fingerprint density at radius 2 is 2.17 bits per heavy atom. The van der Waals surface area contributed by atoms with Gasteiger partial charge in [-0.1, -0.05) is 12.1 Å². The molecule has 1 aliphatic carbocycles. The Kier molecular flexibility index (Phi) is 2.96. The average molecular weight is 305 g/mol. The number of phenolic OH excluding ortho intramolecular Hbond substituents is 1. The molecule has 1 aromatic heterocycles. The second-order valence-electron chi connectivity index (χ2n) is 4.45. The summed E-state index contributed by atoms with van der Waals surface area (Å²) in [4.78, 5) is 4.20. The van der Waals surface area contributed by atoms with E-state index in [0.717, 1.165) is 28.7 Å². The van der Waals surface area contributed by atoms with E-state index in [2.05, 4.69) is 32.3 Å². The van der Waals surface area contributed by atoms with Gasteiger partial charge in [0, 0.05) is 0 Å². The van der Waals surface area contributed by atoms with Crippen molar-refractivity contribution in [2.75, 3.05) is 5.32 Å². The van der Waals surface area contributed by atoms with Crippen molar-refractivity contribution in [3.63, 3.8) is 0 Å². The number of phenols is 1. The van der Waals surface area contributed by atoms with Crippen LogP contribution in [0, 0.1) is 0 Å². The number of fused-ring (bicyclic) bond motifs is 1. The molecule has 1 aliphatic rings. The van der Waals surface area contributed by atoms with Crippen LogP contribution in [-0.2, 0) is 6.42 Å². The summed E-state index contributed by atoms with van der Waals surface area (Å²) in [6.07, 6.45) is 3.73. The second-order valence-corrected chi connectivity index (χ2v) is 5.26. The zero-order chi connectivity index (χ0) is 12.5. The van der Waals surface area contributed by atoms with E-state index in [1.807, 2.05) is 24.4 Å². The summed E-state index contributed by atoms with van der Waals surface area (Å²) in [6, 6.07) is 9.90. The first-order valence-electron chi connectivity index (χ1n) is 5.93. The van der Waals surface area contributed by atoms with Crippen LogP contribution in [0.2, 0.25) is 0 Å². The Hall–Kier alpha value is -1.55. The molecule has 0 fully saturated rings. The molecule has 1 aromatic carbocycles. The molecule has 18 heavy (non-hydrogen) atoms. The fraction of sp³-hybridized carbons (Fsp3) is 0.214. The third kappa shape index (κ3) is 2.08. The summed E-state index contributed by atoms with van der Waals surface area (Å²) in [5.74, 6) is 0.408. The molecule has 3 rings (SSSR count). The van der Waals surface area contributed by atoms with Gasteiger partial charge in [-0.25, -0.2) is 4.98 Å². The molecule has 0 radical (unpaired) electrons. The number of pyridine rings is 1. The van der Waals surface area contributed by atoms with E-state index in [9.17, 15) is 5.11 Å². The first kappa shape index (κ1) is 11.5. The molecular formula is C14H13BrN2O. The number of benzene rings is 1. The SMILES string of the molecule is Oc1cccc2c1CCC2Nc1ccc(Br)nc1. The highest BCUT2D eigenvalue weighted by molar-refractivity contribution is 9.10. The summed E-state index contributed by atoms with van der Waals surface area (Å²) < 4.78 is 0.831. The normalized spacial score (nSPS) is 17.5. The van der Waals surface area contributed by atoms with Crippen LogP contribution in [0.1, 0.15) is 23.6 Å². The summed E-state index contributed by atoms with van der Waals surface area (Å²) in [6.45, 7) is 0. The van der Waals surface area contributed by atoms with Crippen molar-refractivity contribution in [3.8, 4) is 5.75 Å². The van der Waals surface area contributed by atoms with Crippen LogP contribution in [-0.4, -0.2) is 10.1 Å². The maximum absolute atomic E-state index is 9.81. The van der Waals surface area contributed by atoms with E-state index in [-0.39, 0.29) is 6.04 Å². The lowest BCUT2D eigenvalue weighted by molar-refractivity contribution is 0.469. The predicted octanol–water partition coefficient (Wildman–Crippen LogP) is 3.65. The number of nitrogens with one attached hydrogen (secondary N) is 1. The molecule has 3 nitrogen and oxygen atoms in total. The van der Waals surface area contributed by atoms with Gasteiger partial charge in [-0.2, -0.15) is 0 Å². The third-order valence-corrected chi connectivity index (χ3v) is 3.78. The lowest BCUT2D eigenvalue weighted by atomic mass is 10.1. The van der Waals surface area contributed by atoms with Gasteiger partial charge in [0.1, 0.15) is 10.4 Å².